The highest BCUT2D eigenvalue weighted by molar-refractivity contribution is 7.13. The normalized spacial score (nSPS) is 22.2. The highest BCUT2D eigenvalue weighted by atomic mass is 32.1. The van der Waals surface area contributed by atoms with E-state index in [1.54, 1.807) is 12.3 Å². The number of anilines is 1. The quantitative estimate of drug-likeness (QED) is 0.845. The van der Waals surface area contributed by atoms with Crippen molar-refractivity contribution in [2.45, 2.75) is 31.8 Å². The number of carbonyl (C=O) groups excluding carboxylic acids is 2. The minimum absolute atomic E-state index is 0.108. The SMILES string of the molecule is COC(=O)Cc1csc(NC(=O)C2(C)CCCO2)n1. The second-order valence-corrected chi connectivity index (χ2v) is 5.39. The van der Waals surface area contributed by atoms with Gasteiger partial charge < -0.3 is 9.47 Å². The summed E-state index contributed by atoms with van der Waals surface area (Å²) in [5, 5.41) is 4.93. The molecule has 1 aromatic rings. The number of rotatable bonds is 4. The Bertz CT molecular complexity index is 480. The Kier molecular flexibility index (Phi) is 4.16. The minimum atomic E-state index is -0.770. The van der Waals surface area contributed by atoms with Crippen molar-refractivity contribution in [1.29, 1.82) is 0 Å². The minimum Gasteiger partial charge on any atom is -0.469 e. The van der Waals surface area contributed by atoms with Crippen molar-refractivity contribution < 1.29 is 19.1 Å². The number of ether oxygens (including phenoxy) is 2. The first kappa shape index (κ1) is 14.0. The van der Waals surface area contributed by atoms with Gasteiger partial charge in [0, 0.05) is 12.0 Å². The molecule has 1 aromatic heterocycles. The number of nitrogens with zero attached hydrogens (tertiary/aromatic N) is 1. The van der Waals surface area contributed by atoms with E-state index in [1.165, 1.54) is 18.4 Å². The largest absolute Gasteiger partial charge is 0.469 e. The molecule has 0 bridgehead atoms. The summed E-state index contributed by atoms with van der Waals surface area (Å²) in [6, 6.07) is 0. The van der Waals surface area contributed by atoms with Gasteiger partial charge >= 0.3 is 5.97 Å². The Morgan fingerprint density at radius 2 is 2.42 bits per heavy atom. The fourth-order valence-corrected chi connectivity index (χ4v) is 2.56. The molecule has 0 aliphatic carbocycles. The Hall–Kier alpha value is -1.47. The zero-order valence-electron chi connectivity index (χ0n) is 10.9. The summed E-state index contributed by atoms with van der Waals surface area (Å²) in [4.78, 5) is 27.3. The summed E-state index contributed by atoms with van der Waals surface area (Å²) >= 11 is 1.28. The Morgan fingerprint density at radius 1 is 1.63 bits per heavy atom. The van der Waals surface area contributed by atoms with Crippen molar-refractivity contribution in [2.24, 2.45) is 0 Å². The van der Waals surface area contributed by atoms with Crippen LogP contribution in [0.1, 0.15) is 25.5 Å². The molecule has 104 valence electrons. The predicted molar refractivity (Wildman–Crippen MR) is 70.1 cm³/mol. The van der Waals surface area contributed by atoms with Crippen LogP contribution in [0.3, 0.4) is 0 Å². The molecule has 0 radical (unpaired) electrons. The van der Waals surface area contributed by atoms with Crippen LogP contribution in [0.25, 0.3) is 0 Å². The van der Waals surface area contributed by atoms with Crippen LogP contribution in [0, 0.1) is 0 Å². The second-order valence-electron chi connectivity index (χ2n) is 4.53. The molecule has 2 heterocycles. The smallest absolute Gasteiger partial charge is 0.311 e. The van der Waals surface area contributed by atoms with Crippen molar-refractivity contribution in [3.05, 3.63) is 11.1 Å². The number of esters is 1. The Labute approximate surface area is 115 Å². The van der Waals surface area contributed by atoms with E-state index in [-0.39, 0.29) is 18.3 Å². The van der Waals surface area contributed by atoms with Crippen LogP contribution < -0.4 is 5.32 Å². The number of carbonyl (C=O) groups is 2. The van der Waals surface area contributed by atoms with E-state index in [9.17, 15) is 9.59 Å². The number of aromatic nitrogens is 1. The van der Waals surface area contributed by atoms with E-state index in [2.05, 4.69) is 15.0 Å². The van der Waals surface area contributed by atoms with Crippen LogP contribution in [0.15, 0.2) is 5.38 Å². The summed E-state index contributed by atoms with van der Waals surface area (Å²) in [5.41, 5.74) is -0.182. The van der Waals surface area contributed by atoms with Gasteiger partial charge in [0.2, 0.25) is 0 Å². The van der Waals surface area contributed by atoms with Gasteiger partial charge in [0.25, 0.3) is 5.91 Å². The molecule has 1 amide bonds. The molecule has 1 unspecified atom stereocenters. The molecule has 1 atom stereocenters. The fourth-order valence-electron chi connectivity index (χ4n) is 1.85. The number of methoxy groups -OCH3 is 1. The van der Waals surface area contributed by atoms with E-state index in [4.69, 9.17) is 4.74 Å². The van der Waals surface area contributed by atoms with E-state index in [0.29, 0.717) is 23.9 Å². The zero-order chi connectivity index (χ0) is 13.9. The molecule has 0 spiro atoms. The fraction of sp³-hybridized carbons (Fsp3) is 0.583. The van der Waals surface area contributed by atoms with Crippen molar-refractivity contribution in [1.82, 2.24) is 4.98 Å². The summed E-state index contributed by atoms with van der Waals surface area (Å²) in [6.07, 6.45) is 1.70. The molecule has 0 saturated carbocycles. The van der Waals surface area contributed by atoms with Gasteiger partial charge in [0.05, 0.1) is 19.2 Å². The molecular weight excluding hydrogens is 268 g/mol. The third-order valence-electron chi connectivity index (χ3n) is 3.02. The van der Waals surface area contributed by atoms with Gasteiger partial charge in [-0.1, -0.05) is 0 Å². The molecule has 7 heteroatoms. The van der Waals surface area contributed by atoms with Gasteiger partial charge in [0.15, 0.2) is 5.13 Å². The average Bonchev–Trinajstić information content (AvgIpc) is 2.99. The van der Waals surface area contributed by atoms with Crippen molar-refractivity contribution in [2.75, 3.05) is 19.0 Å². The predicted octanol–water partition coefficient (Wildman–Crippen LogP) is 1.37. The topological polar surface area (TPSA) is 77.5 Å². The first-order valence-electron chi connectivity index (χ1n) is 6.00. The van der Waals surface area contributed by atoms with Gasteiger partial charge in [-0.05, 0) is 19.8 Å². The molecule has 6 nitrogen and oxygen atoms in total. The maximum atomic E-state index is 12.1. The Balaban J connectivity index is 1.96. The standard InChI is InChI=1S/C12H16N2O4S/c1-12(4-3-5-18-12)10(16)14-11-13-8(7-19-11)6-9(15)17-2/h7H,3-6H2,1-2H3,(H,13,14,16). The number of amides is 1. The molecule has 1 aliphatic heterocycles. The average molecular weight is 284 g/mol. The van der Waals surface area contributed by atoms with Gasteiger partial charge in [-0.3, -0.25) is 14.9 Å². The first-order chi connectivity index (χ1) is 9.03. The maximum absolute atomic E-state index is 12.1. The van der Waals surface area contributed by atoms with Gasteiger partial charge in [-0.25, -0.2) is 4.98 Å². The van der Waals surface area contributed by atoms with Crippen molar-refractivity contribution >= 4 is 28.3 Å². The lowest BCUT2D eigenvalue weighted by Crippen LogP contribution is -2.39. The van der Waals surface area contributed by atoms with E-state index in [1.807, 2.05) is 0 Å². The lowest BCUT2D eigenvalue weighted by atomic mass is 10.0. The highest BCUT2D eigenvalue weighted by Gasteiger charge is 2.38. The van der Waals surface area contributed by atoms with Crippen LogP contribution in [0.4, 0.5) is 5.13 Å². The molecule has 1 N–H and O–H groups in total. The highest BCUT2D eigenvalue weighted by Crippen LogP contribution is 2.27. The summed E-state index contributed by atoms with van der Waals surface area (Å²) in [5.74, 6) is -0.543. The zero-order valence-corrected chi connectivity index (χ0v) is 11.7. The van der Waals surface area contributed by atoms with Crippen LogP contribution in [0.2, 0.25) is 0 Å². The van der Waals surface area contributed by atoms with Gasteiger partial charge in [-0.2, -0.15) is 0 Å². The van der Waals surface area contributed by atoms with E-state index >= 15 is 0 Å². The van der Waals surface area contributed by atoms with Crippen molar-refractivity contribution in [3.8, 4) is 0 Å². The maximum Gasteiger partial charge on any atom is 0.311 e. The number of nitrogens with one attached hydrogen (secondary N) is 1. The number of hydrogen-bond acceptors (Lipinski definition) is 6. The van der Waals surface area contributed by atoms with Crippen LogP contribution in [-0.4, -0.2) is 36.2 Å². The van der Waals surface area contributed by atoms with Crippen LogP contribution in [-0.2, 0) is 25.5 Å². The van der Waals surface area contributed by atoms with E-state index < -0.39 is 5.60 Å². The lowest BCUT2D eigenvalue weighted by Gasteiger charge is -2.20. The molecule has 19 heavy (non-hydrogen) atoms. The molecule has 1 aliphatic rings. The van der Waals surface area contributed by atoms with Gasteiger partial charge in [-0.15, -0.1) is 11.3 Å². The number of hydrogen-bond donors (Lipinski definition) is 1. The first-order valence-corrected chi connectivity index (χ1v) is 6.88. The van der Waals surface area contributed by atoms with E-state index in [0.717, 1.165) is 6.42 Å². The number of thiazole rings is 1. The monoisotopic (exact) mass is 284 g/mol. The van der Waals surface area contributed by atoms with Crippen molar-refractivity contribution in [3.63, 3.8) is 0 Å². The molecule has 1 saturated heterocycles. The Morgan fingerprint density at radius 3 is 3.05 bits per heavy atom. The van der Waals surface area contributed by atoms with Crippen LogP contribution in [0.5, 0.6) is 0 Å². The molecular formula is C12H16N2O4S. The third kappa shape index (κ3) is 3.30. The van der Waals surface area contributed by atoms with Crippen LogP contribution >= 0.6 is 11.3 Å². The summed E-state index contributed by atoms with van der Waals surface area (Å²) in [7, 11) is 1.33. The molecule has 0 aromatic carbocycles. The van der Waals surface area contributed by atoms with Gasteiger partial charge in [0.1, 0.15) is 5.60 Å². The third-order valence-corrected chi connectivity index (χ3v) is 3.83. The summed E-state index contributed by atoms with van der Waals surface area (Å²) in [6.45, 7) is 2.38. The second kappa shape index (κ2) is 5.66. The summed E-state index contributed by atoms with van der Waals surface area (Å²) < 4.78 is 10.0. The molecule has 1 fully saturated rings. The lowest BCUT2D eigenvalue weighted by molar-refractivity contribution is -0.139. The molecule has 2 rings (SSSR count).